The fraction of sp³-hybridized carbons (Fsp3) is 0.304. The second kappa shape index (κ2) is 8.82. The third-order valence-electron chi connectivity index (χ3n) is 5.77. The van der Waals surface area contributed by atoms with Crippen molar-refractivity contribution in [3.8, 4) is 0 Å². The largest absolute Gasteiger partial charge is 0.356 e. The molecule has 0 atom stereocenters. The molecule has 2 aromatic carbocycles. The number of carbonyl (C=O) groups excluding carboxylic acids is 1. The Bertz CT molecular complexity index is 1200. The number of nitrogens with one attached hydrogen (secondary N) is 1. The van der Waals surface area contributed by atoms with E-state index < -0.39 is 15.8 Å². The molecule has 1 amide bonds. The van der Waals surface area contributed by atoms with E-state index in [1.54, 1.807) is 19.1 Å². The molecule has 1 fully saturated rings. The van der Waals surface area contributed by atoms with Crippen LogP contribution in [0.5, 0.6) is 0 Å². The smallest absolute Gasteiger partial charge is 0.285 e. The van der Waals surface area contributed by atoms with Crippen molar-refractivity contribution in [1.29, 1.82) is 0 Å². The van der Waals surface area contributed by atoms with Gasteiger partial charge in [-0.15, -0.1) is 4.40 Å². The summed E-state index contributed by atoms with van der Waals surface area (Å²) >= 11 is 0. The highest BCUT2D eigenvalue weighted by molar-refractivity contribution is 8.00. The summed E-state index contributed by atoms with van der Waals surface area (Å²) in [7, 11) is -3.88. The van der Waals surface area contributed by atoms with Gasteiger partial charge in [-0.1, -0.05) is 24.3 Å². The summed E-state index contributed by atoms with van der Waals surface area (Å²) in [5.41, 5.74) is 1.61. The number of sulfonamides is 1. The number of benzene rings is 2. The first-order chi connectivity index (χ1) is 15.2. The van der Waals surface area contributed by atoms with E-state index in [0.717, 1.165) is 0 Å². The van der Waals surface area contributed by atoms with E-state index in [9.17, 15) is 22.0 Å². The first-order valence-corrected chi connectivity index (χ1v) is 11.8. The first-order valence-electron chi connectivity index (χ1n) is 10.3. The van der Waals surface area contributed by atoms with Crippen molar-refractivity contribution in [3.63, 3.8) is 0 Å². The Hall–Kier alpha value is -3.07. The molecule has 4 rings (SSSR count). The molecule has 2 heterocycles. The molecule has 0 radical (unpaired) electrons. The number of hydrogen-bond donors (Lipinski definition) is 1. The summed E-state index contributed by atoms with van der Waals surface area (Å²) in [6, 6.07) is 11.4. The van der Waals surface area contributed by atoms with Gasteiger partial charge < -0.3 is 10.2 Å². The molecule has 0 aliphatic carbocycles. The van der Waals surface area contributed by atoms with Gasteiger partial charge in [0.25, 0.3) is 10.0 Å². The maximum absolute atomic E-state index is 13.3. The van der Waals surface area contributed by atoms with Gasteiger partial charge in [0.05, 0.1) is 0 Å². The highest BCUT2D eigenvalue weighted by Crippen LogP contribution is 2.34. The second-order valence-corrected chi connectivity index (χ2v) is 9.50. The molecule has 2 aliphatic heterocycles. The Labute approximate surface area is 185 Å². The van der Waals surface area contributed by atoms with E-state index in [-0.39, 0.29) is 29.1 Å². The Morgan fingerprint density at radius 1 is 1.09 bits per heavy atom. The summed E-state index contributed by atoms with van der Waals surface area (Å²) in [5.74, 6) is -0.724. The van der Waals surface area contributed by atoms with E-state index >= 15 is 0 Å². The minimum absolute atomic E-state index is 0.0856. The van der Waals surface area contributed by atoms with E-state index in [1.165, 1.54) is 36.4 Å². The molecule has 9 heteroatoms. The van der Waals surface area contributed by atoms with Gasteiger partial charge in [0.1, 0.15) is 22.4 Å². The van der Waals surface area contributed by atoms with Crippen LogP contribution in [0.4, 0.5) is 8.78 Å². The zero-order chi connectivity index (χ0) is 22.9. The average molecular weight is 460 g/mol. The topological polar surface area (TPSA) is 78.8 Å². The Morgan fingerprint density at radius 2 is 1.78 bits per heavy atom. The molecular weight excluding hydrogens is 436 g/mol. The summed E-state index contributed by atoms with van der Waals surface area (Å²) < 4.78 is 55.8. The van der Waals surface area contributed by atoms with Crippen molar-refractivity contribution >= 4 is 26.7 Å². The molecule has 6 nitrogen and oxygen atoms in total. The van der Waals surface area contributed by atoms with Crippen LogP contribution in [0.15, 0.2) is 58.5 Å². The molecule has 0 unspecified atom stereocenters. The third kappa shape index (κ3) is 4.57. The highest BCUT2D eigenvalue weighted by atomic mass is 32.2. The Morgan fingerprint density at radius 3 is 2.44 bits per heavy atom. The number of piperidine rings is 1. The maximum Gasteiger partial charge on any atom is 0.285 e. The van der Waals surface area contributed by atoms with Gasteiger partial charge >= 0.3 is 0 Å². The van der Waals surface area contributed by atoms with E-state index in [2.05, 4.69) is 9.71 Å². The number of likely N-dealkylation sites (tertiary alicyclic amines) is 1. The summed E-state index contributed by atoms with van der Waals surface area (Å²) in [4.78, 5) is 14.5. The summed E-state index contributed by atoms with van der Waals surface area (Å²) in [5, 5.41) is 2.85. The first kappa shape index (κ1) is 22.1. The molecule has 168 valence electrons. The number of rotatable bonds is 4. The lowest BCUT2D eigenvalue weighted by Gasteiger charge is -2.32. The van der Waals surface area contributed by atoms with Crippen LogP contribution in [0.25, 0.3) is 4.91 Å². The second-order valence-electron chi connectivity index (χ2n) is 7.96. The van der Waals surface area contributed by atoms with Crippen LogP contribution < -0.4 is 5.32 Å². The van der Waals surface area contributed by atoms with Gasteiger partial charge in [0, 0.05) is 31.1 Å². The van der Waals surface area contributed by atoms with Crippen molar-refractivity contribution in [1.82, 2.24) is 10.2 Å². The Balaban J connectivity index is 1.40. The molecule has 2 aromatic rings. The van der Waals surface area contributed by atoms with Crippen molar-refractivity contribution in [2.24, 2.45) is 10.3 Å². The van der Waals surface area contributed by atoms with Crippen LogP contribution in [-0.4, -0.2) is 38.2 Å². The molecule has 0 spiro atoms. The van der Waals surface area contributed by atoms with Crippen molar-refractivity contribution in [2.75, 3.05) is 13.1 Å². The number of amides is 1. The predicted molar refractivity (Wildman–Crippen MR) is 118 cm³/mol. The van der Waals surface area contributed by atoms with Crippen LogP contribution in [-0.2, 0) is 21.4 Å². The number of halogens is 2. The minimum Gasteiger partial charge on any atom is -0.356 e. The lowest BCUT2D eigenvalue weighted by Crippen LogP contribution is -2.43. The fourth-order valence-corrected chi connectivity index (χ4v) is 5.60. The van der Waals surface area contributed by atoms with E-state index in [0.29, 0.717) is 48.5 Å². The quantitative estimate of drug-likeness (QED) is 0.760. The summed E-state index contributed by atoms with van der Waals surface area (Å²) in [6.45, 7) is 2.92. The number of nitrogens with zero attached hydrogens (tertiary/aromatic N) is 2. The number of hydrogen-bond acceptors (Lipinski definition) is 4. The Kier molecular flexibility index (Phi) is 6.10. The molecule has 0 aromatic heterocycles. The predicted octanol–water partition coefficient (Wildman–Crippen LogP) is 3.47. The number of amidine groups is 1. The zero-order valence-corrected chi connectivity index (χ0v) is 18.3. The van der Waals surface area contributed by atoms with Crippen LogP contribution in [0.1, 0.15) is 30.9 Å². The molecule has 2 aliphatic rings. The van der Waals surface area contributed by atoms with Crippen LogP contribution in [0.3, 0.4) is 0 Å². The molecule has 0 saturated carbocycles. The zero-order valence-electron chi connectivity index (χ0n) is 17.5. The molecule has 0 bridgehead atoms. The van der Waals surface area contributed by atoms with Crippen molar-refractivity contribution in [2.45, 2.75) is 26.3 Å². The molecule has 1 N–H and O–H groups in total. The van der Waals surface area contributed by atoms with Gasteiger partial charge in [-0.25, -0.2) is 8.78 Å². The number of carbonyl (C=O) groups is 1. The van der Waals surface area contributed by atoms with E-state index in [1.807, 2.05) is 4.90 Å². The highest BCUT2D eigenvalue weighted by Gasteiger charge is 2.35. The molecule has 32 heavy (non-hydrogen) atoms. The normalized spacial score (nSPS) is 18.6. The minimum atomic E-state index is -3.88. The van der Waals surface area contributed by atoms with Gasteiger partial charge in [-0.2, -0.15) is 8.42 Å². The van der Waals surface area contributed by atoms with Crippen molar-refractivity contribution < 1.29 is 22.0 Å². The van der Waals surface area contributed by atoms with Crippen LogP contribution in [0, 0.1) is 17.6 Å². The summed E-state index contributed by atoms with van der Waals surface area (Å²) in [6.07, 6.45) is 1.10. The van der Waals surface area contributed by atoms with E-state index in [4.69, 9.17) is 0 Å². The van der Waals surface area contributed by atoms with Gasteiger partial charge in [-0.3, -0.25) is 4.79 Å². The maximum atomic E-state index is 13.3. The van der Waals surface area contributed by atoms with Gasteiger partial charge in [-0.05, 0) is 55.2 Å². The average Bonchev–Trinajstić information content (AvgIpc) is 3.01. The molecule has 1 saturated heterocycles. The van der Waals surface area contributed by atoms with Gasteiger partial charge in [0.2, 0.25) is 5.91 Å². The monoisotopic (exact) mass is 459 g/mol. The van der Waals surface area contributed by atoms with Crippen LogP contribution in [0.2, 0.25) is 0 Å². The lowest BCUT2D eigenvalue weighted by atomic mass is 9.95. The fourth-order valence-electron chi connectivity index (χ4n) is 4.12. The SMILES string of the molecule is CC1=C(c2ccc(F)cc2)S(=O)(=O)N=C1N1CCC(C(=O)NCc2cccc(F)c2)CC1. The van der Waals surface area contributed by atoms with Crippen LogP contribution >= 0.6 is 0 Å². The molecular formula is C23H23F2N3O3S. The van der Waals surface area contributed by atoms with Crippen molar-refractivity contribution in [3.05, 3.63) is 76.9 Å². The lowest BCUT2D eigenvalue weighted by molar-refractivity contribution is -0.126. The standard InChI is InChI=1S/C23H23F2N3O3S/c1-15-21(17-5-7-19(24)8-6-17)32(30,31)27-22(15)28-11-9-18(10-12-28)23(29)26-14-16-3-2-4-20(25)13-16/h2-8,13,18H,9-12,14H2,1H3,(H,26,29). The third-order valence-corrected chi connectivity index (χ3v) is 7.24. The van der Waals surface area contributed by atoms with Gasteiger partial charge in [0.15, 0.2) is 0 Å².